The molecule has 0 radical (unpaired) electrons. The van der Waals surface area contributed by atoms with E-state index in [4.69, 9.17) is 4.42 Å². The largest absolute Gasteiger partial charge is 0.423 e. The molecule has 0 saturated carbocycles. The Kier molecular flexibility index (Phi) is 3.23. The average molecular weight is 272 g/mol. The molecule has 0 fully saturated rings. The highest BCUT2D eigenvalue weighted by atomic mass is 16.4. The van der Waals surface area contributed by atoms with Crippen molar-refractivity contribution in [2.24, 2.45) is 0 Å². The number of para-hydroxylation sites is 2. The molecule has 0 aliphatic heterocycles. The average Bonchev–Trinajstić information content (AvgIpc) is 3.04. The summed E-state index contributed by atoms with van der Waals surface area (Å²) in [6, 6.07) is 7.74. The van der Waals surface area contributed by atoms with Crippen LogP contribution in [-0.2, 0) is 13.2 Å². The van der Waals surface area contributed by atoms with Gasteiger partial charge in [-0.25, -0.2) is 4.98 Å². The fourth-order valence-corrected chi connectivity index (χ4v) is 2.12. The fourth-order valence-electron chi connectivity index (χ4n) is 2.12. The van der Waals surface area contributed by atoms with Gasteiger partial charge in [0.2, 0.25) is 11.8 Å². The molecule has 1 aromatic carbocycles. The van der Waals surface area contributed by atoms with Crippen LogP contribution in [0.3, 0.4) is 0 Å². The molecule has 20 heavy (non-hydrogen) atoms. The van der Waals surface area contributed by atoms with E-state index in [1.165, 1.54) is 0 Å². The Hall–Kier alpha value is -2.21. The number of nitrogens with zero attached hydrogens (tertiary/aromatic N) is 4. The first-order chi connectivity index (χ1) is 9.69. The zero-order chi connectivity index (χ0) is 14.1. The molecule has 3 rings (SSSR count). The maximum Gasteiger partial charge on any atom is 0.236 e. The predicted octanol–water partition coefficient (Wildman–Crippen LogP) is 2.08. The Morgan fingerprint density at radius 1 is 1.25 bits per heavy atom. The molecule has 0 unspecified atom stereocenters. The lowest BCUT2D eigenvalue weighted by atomic mass is 10.2. The van der Waals surface area contributed by atoms with Gasteiger partial charge in [-0.3, -0.25) is 0 Å². The summed E-state index contributed by atoms with van der Waals surface area (Å²) in [6.45, 7) is 4.29. The minimum Gasteiger partial charge on any atom is -0.423 e. The number of aliphatic hydroxyl groups is 1. The minimum atomic E-state index is -0.125. The zero-order valence-electron chi connectivity index (χ0n) is 11.4. The van der Waals surface area contributed by atoms with Crippen molar-refractivity contribution in [2.45, 2.75) is 32.9 Å². The lowest BCUT2D eigenvalue weighted by Gasteiger charge is -2.04. The SMILES string of the molecule is CC(C)c1nnc(Cn2c(CO)nc3ccccc32)o1. The third-order valence-electron chi connectivity index (χ3n) is 3.14. The van der Waals surface area contributed by atoms with Crippen LogP contribution in [0.5, 0.6) is 0 Å². The van der Waals surface area contributed by atoms with Crippen LogP contribution in [0.4, 0.5) is 0 Å². The lowest BCUT2D eigenvalue weighted by molar-refractivity contribution is 0.265. The summed E-state index contributed by atoms with van der Waals surface area (Å²) in [7, 11) is 0. The molecule has 0 saturated heterocycles. The van der Waals surface area contributed by atoms with E-state index in [1.54, 1.807) is 0 Å². The second-order valence-corrected chi connectivity index (χ2v) is 4.95. The molecule has 0 bridgehead atoms. The van der Waals surface area contributed by atoms with Crippen LogP contribution in [0.25, 0.3) is 11.0 Å². The topological polar surface area (TPSA) is 77.0 Å². The highest BCUT2D eigenvalue weighted by Gasteiger charge is 2.14. The summed E-state index contributed by atoms with van der Waals surface area (Å²) in [5.41, 5.74) is 1.79. The number of hydrogen-bond donors (Lipinski definition) is 1. The number of aromatic nitrogens is 4. The van der Waals surface area contributed by atoms with Crippen LogP contribution < -0.4 is 0 Å². The zero-order valence-corrected chi connectivity index (χ0v) is 11.4. The van der Waals surface area contributed by atoms with Crippen LogP contribution in [0.2, 0.25) is 0 Å². The van der Waals surface area contributed by atoms with Crippen molar-refractivity contribution in [1.29, 1.82) is 0 Å². The summed E-state index contributed by atoms with van der Waals surface area (Å²) in [6.07, 6.45) is 0. The van der Waals surface area contributed by atoms with Crippen molar-refractivity contribution in [2.75, 3.05) is 0 Å². The molecule has 0 atom stereocenters. The van der Waals surface area contributed by atoms with Gasteiger partial charge in [0, 0.05) is 5.92 Å². The van der Waals surface area contributed by atoms with E-state index in [0.717, 1.165) is 11.0 Å². The maximum absolute atomic E-state index is 9.44. The normalized spacial score (nSPS) is 11.6. The van der Waals surface area contributed by atoms with Gasteiger partial charge >= 0.3 is 0 Å². The third-order valence-corrected chi connectivity index (χ3v) is 3.14. The number of imidazole rings is 1. The molecule has 2 aromatic heterocycles. The summed E-state index contributed by atoms with van der Waals surface area (Å²) in [5.74, 6) is 1.94. The highest BCUT2D eigenvalue weighted by Crippen LogP contribution is 2.19. The van der Waals surface area contributed by atoms with Gasteiger partial charge in [0.1, 0.15) is 19.0 Å². The second-order valence-electron chi connectivity index (χ2n) is 4.95. The standard InChI is InChI=1S/C14H16N4O2/c1-9(2)14-17-16-13(20-14)7-18-11-6-4-3-5-10(11)15-12(18)8-19/h3-6,9,19H,7-8H2,1-2H3. The number of aliphatic hydroxyl groups excluding tert-OH is 1. The molecule has 1 N–H and O–H groups in total. The molecule has 104 valence electrons. The Morgan fingerprint density at radius 3 is 2.75 bits per heavy atom. The molecule has 0 aliphatic rings. The first-order valence-corrected chi connectivity index (χ1v) is 6.56. The number of benzene rings is 1. The van der Waals surface area contributed by atoms with Crippen LogP contribution in [-0.4, -0.2) is 24.9 Å². The van der Waals surface area contributed by atoms with Crippen LogP contribution in [0.1, 0.15) is 37.4 Å². The fraction of sp³-hybridized carbons (Fsp3) is 0.357. The number of rotatable bonds is 4. The van der Waals surface area contributed by atoms with Crippen molar-refractivity contribution >= 4 is 11.0 Å². The maximum atomic E-state index is 9.44. The van der Waals surface area contributed by atoms with Crippen molar-refractivity contribution in [1.82, 2.24) is 19.7 Å². The smallest absolute Gasteiger partial charge is 0.236 e. The number of fused-ring (bicyclic) bond motifs is 1. The molecule has 6 nitrogen and oxygen atoms in total. The van der Waals surface area contributed by atoms with Gasteiger partial charge in [-0.1, -0.05) is 26.0 Å². The minimum absolute atomic E-state index is 0.125. The van der Waals surface area contributed by atoms with Gasteiger partial charge in [0.15, 0.2) is 0 Å². The van der Waals surface area contributed by atoms with Gasteiger partial charge in [-0.2, -0.15) is 0 Å². The van der Waals surface area contributed by atoms with E-state index in [0.29, 0.717) is 24.2 Å². The molecule has 3 aromatic rings. The van der Waals surface area contributed by atoms with Crippen molar-refractivity contribution in [3.8, 4) is 0 Å². The number of hydrogen-bond acceptors (Lipinski definition) is 5. The van der Waals surface area contributed by atoms with E-state index in [9.17, 15) is 5.11 Å². The summed E-state index contributed by atoms with van der Waals surface area (Å²) in [5, 5.41) is 17.5. The van der Waals surface area contributed by atoms with E-state index < -0.39 is 0 Å². The Morgan fingerprint density at radius 2 is 2.05 bits per heavy atom. The van der Waals surface area contributed by atoms with Gasteiger partial charge in [0.05, 0.1) is 11.0 Å². The summed E-state index contributed by atoms with van der Waals surface area (Å²) < 4.78 is 7.51. The van der Waals surface area contributed by atoms with Crippen LogP contribution in [0.15, 0.2) is 28.7 Å². The van der Waals surface area contributed by atoms with Crippen molar-refractivity contribution in [3.05, 3.63) is 41.9 Å². The first kappa shape index (κ1) is 12.8. The molecule has 6 heteroatoms. The Balaban J connectivity index is 2.00. The Bertz CT molecular complexity index is 730. The van der Waals surface area contributed by atoms with E-state index in [-0.39, 0.29) is 12.5 Å². The highest BCUT2D eigenvalue weighted by molar-refractivity contribution is 5.75. The third kappa shape index (κ3) is 2.18. The van der Waals surface area contributed by atoms with Crippen molar-refractivity contribution < 1.29 is 9.52 Å². The van der Waals surface area contributed by atoms with Gasteiger partial charge < -0.3 is 14.1 Å². The molecule has 0 aliphatic carbocycles. The van der Waals surface area contributed by atoms with Gasteiger partial charge in [-0.05, 0) is 12.1 Å². The Labute approximate surface area is 116 Å². The van der Waals surface area contributed by atoms with Crippen LogP contribution >= 0.6 is 0 Å². The first-order valence-electron chi connectivity index (χ1n) is 6.56. The lowest BCUT2D eigenvalue weighted by Crippen LogP contribution is -2.05. The van der Waals surface area contributed by atoms with Gasteiger partial charge in [0.25, 0.3) is 0 Å². The molecular weight excluding hydrogens is 256 g/mol. The quantitative estimate of drug-likeness (QED) is 0.786. The molecule has 0 amide bonds. The van der Waals surface area contributed by atoms with Crippen LogP contribution in [0, 0.1) is 0 Å². The van der Waals surface area contributed by atoms with E-state index in [2.05, 4.69) is 15.2 Å². The van der Waals surface area contributed by atoms with Gasteiger partial charge in [-0.15, -0.1) is 10.2 Å². The predicted molar refractivity (Wildman–Crippen MR) is 73.1 cm³/mol. The molecule has 2 heterocycles. The summed E-state index contributed by atoms with van der Waals surface area (Å²) >= 11 is 0. The monoisotopic (exact) mass is 272 g/mol. The van der Waals surface area contributed by atoms with Crippen molar-refractivity contribution in [3.63, 3.8) is 0 Å². The molecule has 0 spiro atoms. The van der Waals surface area contributed by atoms with E-state index in [1.807, 2.05) is 42.7 Å². The second kappa shape index (κ2) is 5.05. The summed E-state index contributed by atoms with van der Waals surface area (Å²) in [4.78, 5) is 4.39. The van der Waals surface area contributed by atoms with E-state index >= 15 is 0 Å². The molecular formula is C14H16N4O2.